The number of nitrogens with one attached hydrogen (secondary N) is 1. The molecule has 0 saturated carbocycles. The summed E-state index contributed by atoms with van der Waals surface area (Å²) in [7, 11) is 0. The van der Waals surface area contributed by atoms with Gasteiger partial charge in [0.2, 0.25) is 0 Å². The second kappa shape index (κ2) is 5.07. The molecule has 0 amide bonds. The molecule has 1 aromatic heterocycles. The molecule has 19 heavy (non-hydrogen) atoms. The van der Waals surface area contributed by atoms with E-state index in [2.05, 4.69) is 15.2 Å². The predicted molar refractivity (Wildman–Crippen MR) is 66.7 cm³/mol. The minimum Gasteiger partial charge on any atom is -0.370 e. The number of hydrogen-bond acceptors (Lipinski definition) is 4. The molecule has 100 valence electrons. The molecular weight excluding hydrogens is 247 g/mol. The standard InChI is InChI=1S/C13H15FN4O/c14-9-5-3-8(4-6-9)11(15)13-16-12(17-18-13)10-2-1-7-19-10/h3-6,10-11H,1-2,7,15H2,(H,16,17,18)/t10-,11+/m0/s1. The zero-order valence-electron chi connectivity index (χ0n) is 10.3. The Labute approximate surface area is 110 Å². The average molecular weight is 262 g/mol. The first-order chi connectivity index (χ1) is 9.24. The van der Waals surface area contributed by atoms with Crippen LogP contribution >= 0.6 is 0 Å². The fraction of sp³-hybridized carbons (Fsp3) is 0.385. The Kier molecular flexibility index (Phi) is 3.27. The zero-order valence-corrected chi connectivity index (χ0v) is 10.3. The first-order valence-corrected chi connectivity index (χ1v) is 6.29. The topological polar surface area (TPSA) is 76.8 Å². The Hall–Kier alpha value is -1.79. The Balaban J connectivity index is 1.79. The lowest BCUT2D eigenvalue weighted by molar-refractivity contribution is 0.105. The van der Waals surface area contributed by atoms with Gasteiger partial charge in [0.05, 0.1) is 6.04 Å². The maximum atomic E-state index is 12.9. The molecule has 3 N–H and O–H groups in total. The summed E-state index contributed by atoms with van der Waals surface area (Å²) in [5.41, 5.74) is 6.85. The van der Waals surface area contributed by atoms with Gasteiger partial charge in [-0.3, -0.25) is 5.10 Å². The van der Waals surface area contributed by atoms with Crippen LogP contribution in [0.25, 0.3) is 0 Å². The number of aromatic amines is 1. The molecule has 3 rings (SSSR count). The Morgan fingerprint density at radius 1 is 1.37 bits per heavy atom. The van der Waals surface area contributed by atoms with Gasteiger partial charge < -0.3 is 10.5 Å². The smallest absolute Gasteiger partial charge is 0.171 e. The van der Waals surface area contributed by atoms with Crippen LogP contribution in [0.15, 0.2) is 24.3 Å². The van der Waals surface area contributed by atoms with Gasteiger partial charge in [-0.1, -0.05) is 12.1 Å². The van der Waals surface area contributed by atoms with Crippen molar-refractivity contribution >= 4 is 0 Å². The SMILES string of the molecule is N[C@H](c1ccc(F)cc1)c1n[nH]c([C@@H]2CCCO2)n1. The average Bonchev–Trinajstić information content (AvgIpc) is 3.10. The van der Waals surface area contributed by atoms with Crippen molar-refractivity contribution in [2.24, 2.45) is 5.73 Å². The van der Waals surface area contributed by atoms with E-state index in [-0.39, 0.29) is 11.9 Å². The minimum atomic E-state index is -0.466. The first kappa shape index (κ1) is 12.3. The van der Waals surface area contributed by atoms with Gasteiger partial charge in [0, 0.05) is 6.61 Å². The molecule has 6 heteroatoms. The molecule has 1 fully saturated rings. The molecule has 1 saturated heterocycles. The van der Waals surface area contributed by atoms with E-state index in [1.165, 1.54) is 12.1 Å². The Morgan fingerprint density at radius 3 is 2.84 bits per heavy atom. The Bertz CT molecular complexity index is 548. The predicted octanol–water partition coefficient (Wildman–Crippen LogP) is 1.84. The van der Waals surface area contributed by atoms with Crippen LogP contribution in [0.2, 0.25) is 0 Å². The molecule has 0 radical (unpaired) electrons. The van der Waals surface area contributed by atoms with Crippen molar-refractivity contribution in [3.63, 3.8) is 0 Å². The first-order valence-electron chi connectivity index (χ1n) is 6.29. The van der Waals surface area contributed by atoms with Crippen LogP contribution in [-0.2, 0) is 4.74 Å². The quantitative estimate of drug-likeness (QED) is 0.885. The molecule has 2 aromatic rings. The number of H-pyrrole nitrogens is 1. The monoisotopic (exact) mass is 262 g/mol. The molecule has 0 aliphatic carbocycles. The largest absolute Gasteiger partial charge is 0.370 e. The number of nitrogens with two attached hydrogens (primary N) is 1. The van der Waals surface area contributed by atoms with E-state index in [4.69, 9.17) is 10.5 Å². The maximum Gasteiger partial charge on any atom is 0.171 e. The van der Waals surface area contributed by atoms with E-state index in [0.717, 1.165) is 25.0 Å². The van der Waals surface area contributed by atoms with Crippen molar-refractivity contribution in [2.45, 2.75) is 25.0 Å². The third-order valence-corrected chi connectivity index (χ3v) is 3.26. The highest BCUT2D eigenvalue weighted by Crippen LogP contribution is 2.26. The Morgan fingerprint density at radius 2 is 2.16 bits per heavy atom. The van der Waals surface area contributed by atoms with E-state index < -0.39 is 6.04 Å². The van der Waals surface area contributed by atoms with Crippen LogP contribution in [0, 0.1) is 5.82 Å². The van der Waals surface area contributed by atoms with Crippen LogP contribution in [-0.4, -0.2) is 21.8 Å². The summed E-state index contributed by atoms with van der Waals surface area (Å²) in [6.07, 6.45) is 1.96. The van der Waals surface area contributed by atoms with Gasteiger partial charge in [0.25, 0.3) is 0 Å². The lowest BCUT2D eigenvalue weighted by atomic mass is 10.1. The second-order valence-corrected chi connectivity index (χ2v) is 4.61. The number of hydrogen-bond donors (Lipinski definition) is 2. The van der Waals surface area contributed by atoms with E-state index in [0.29, 0.717) is 11.6 Å². The van der Waals surface area contributed by atoms with Crippen LogP contribution in [0.1, 0.15) is 42.2 Å². The minimum absolute atomic E-state index is 0.0123. The summed E-state index contributed by atoms with van der Waals surface area (Å²) in [5, 5.41) is 6.99. The molecule has 2 heterocycles. The fourth-order valence-electron chi connectivity index (χ4n) is 2.18. The molecule has 1 aliphatic rings. The summed E-state index contributed by atoms with van der Waals surface area (Å²) < 4.78 is 18.4. The molecule has 1 aliphatic heterocycles. The van der Waals surface area contributed by atoms with Crippen molar-refractivity contribution in [1.82, 2.24) is 15.2 Å². The number of benzene rings is 1. The molecule has 0 spiro atoms. The van der Waals surface area contributed by atoms with E-state index in [9.17, 15) is 4.39 Å². The van der Waals surface area contributed by atoms with Crippen molar-refractivity contribution in [3.05, 3.63) is 47.3 Å². The number of nitrogens with zero attached hydrogens (tertiary/aromatic N) is 2. The van der Waals surface area contributed by atoms with Crippen molar-refractivity contribution < 1.29 is 9.13 Å². The van der Waals surface area contributed by atoms with Gasteiger partial charge in [0.1, 0.15) is 11.9 Å². The molecule has 2 atom stereocenters. The highest BCUT2D eigenvalue weighted by molar-refractivity contribution is 5.24. The van der Waals surface area contributed by atoms with Gasteiger partial charge in [-0.2, -0.15) is 5.10 Å². The van der Waals surface area contributed by atoms with Gasteiger partial charge in [-0.05, 0) is 30.5 Å². The van der Waals surface area contributed by atoms with E-state index >= 15 is 0 Å². The molecule has 0 unspecified atom stereocenters. The van der Waals surface area contributed by atoms with Crippen LogP contribution in [0.4, 0.5) is 4.39 Å². The fourth-order valence-corrected chi connectivity index (χ4v) is 2.18. The zero-order chi connectivity index (χ0) is 13.2. The lowest BCUT2D eigenvalue weighted by Gasteiger charge is -2.07. The second-order valence-electron chi connectivity index (χ2n) is 4.61. The van der Waals surface area contributed by atoms with Crippen LogP contribution in [0.3, 0.4) is 0 Å². The van der Waals surface area contributed by atoms with Gasteiger partial charge in [-0.25, -0.2) is 9.37 Å². The molecule has 5 nitrogen and oxygen atoms in total. The number of aromatic nitrogens is 3. The summed E-state index contributed by atoms with van der Waals surface area (Å²) in [5.74, 6) is 0.924. The highest BCUT2D eigenvalue weighted by atomic mass is 19.1. The summed E-state index contributed by atoms with van der Waals surface area (Å²) in [4.78, 5) is 4.38. The number of ether oxygens (including phenoxy) is 1. The van der Waals surface area contributed by atoms with Crippen molar-refractivity contribution in [1.29, 1.82) is 0 Å². The van der Waals surface area contributed by atoms with Crippen LogP contribution in [0.5, 0.6) is 0 Å². The van der Waals surface area contributed by atoms with Crippen LogP contribution < -0.4 is 5.73 Å². The normalized spacial score (nSPS) is 20.6. The number of rotatable bonds is 3. The molecule has 1 aromatic carbocycles. The third-order valence-electron chi connectivity index (χ3n) is 3.26. The summed E-state index contributed by atoms with van der Waals surface area (Å²) >= 11 is 0. The summed E-state index contributed by atoms with van der Waals surface area (Å²) in [6, 6.07) is 5.57. The van der Waals surface area contributed by atoms with Crippen molar-refractivity contribution in [2.75, 3.05) is 6.61 Å². The molecule has 0 bridgehead atoms. The highest BCUT2D eigenvalue weighted by Gasteiger charge is 2.23. The number of halogens is 1. The van der Waals surface area contributed by atoms with Gasteiger partial charge in [0.15, 0.2) is 11.6 Å². The van der Waals surface area contributed by atoms with E-state index in [1.807, 2.05) is 0 Å². The van der Waals surface area contributed by atoms with E-state index in [1.54, 1.807) is 12.1 Å². The third kappa shape index (κ3) is 2.50. The summed E-state index contributed by atoms with van der Waals surface area (Å²) in [6.45, 7) is 0.755. The maximum absolute atomic E-state index is 12.9. The van der Waals surface area contributed by atoms with Gasteiger partial charge >= 0.3 is 0 Å². The van der Waals surface area contributed by atoms with Gasteiger partial charge in [-0.15, -0.1) is 0 Å². The van der Waals surface area contributed by atoms with Crippen molar-refractivity contribution in [3.8, 4) is 0 Å². The lowest BCUT2D eigenvalue weighted by Crippen LogP contribution is -2.13. The molecular formula is C13H15FN4O.